The number of aromatic nitrogens is 1. The highest BCUT2D eigenvalue weighted by molar-refractivity contribution is 7.92. The summed E-state index contributed by atoms with van der Waals surface area (Å²) in [6.45, 7) is 12.9. The molecule has 4 bridgehead atoms. The van der Waals surface area contributed by atoms with Crippen molar-refractivity contribution in [3.63, 3.8) is 0 Å². The average molecular weight is 850 g/mol. The molecule has 2 unspecified atom stereocenters. The molecule has 1 fully saturated rings. The van der Waals surface area contributed by atoms with Gasteiger partial charge in [0, 0.05) is 36.8 Å². The van der Waals surface area contributed by atoms with E-state index in [0.29, 0.717) is 28.7 Å². The van der Waals surface area contributed by atoms with Crippen LogP contribution in [0.1, 0.15) is 95.5 Å². The molecule has 7 rings (SSSR count). The molecule has 60 heavy (non-hydrogen) atoms. The first kappa shape index (κ1) is 43.7. The van der Waals surface area contributed by atoms with E-state index in [0.717, 1.165) is 23.3 Å². The molecular weight excluding hydrogens is 801 g/mol. The Morgan fingerprint density at radius 1 is 0.950 bits per heavy atom. The first-order valence-electron chi connectivity index (χ1n) is 19.4. The van der Waals surface area contributed by atoms with Crippen LogP contribution in [0.4, 0.5) is 40.4 Å². The second-order valence-corrected chi connectivity index (χ2v) is 19.4. The standard InChI is InChI=1S/C43H49F2N5O9S/c1-23-16-26-10-13-30(23)24(2)22-57-39(52)47-28-17-27(36(33(45)19-28)60(55,56)29-11-12-29)21-49(9)38(51)35(26)48-34-18-25-14-15-46-37(31(25)20-32(34)44)50(40(53)58-42(3,4)5)41(54)59-43(6,7)8/h10,13-20,24,29,35,48H,11-12,21-22H2,1-9H3,(H,47,52). The Balaban J connectivity index is 1.45. The lowest BCUT2D eigenvalue weighted by atomic mass is 9.93. The van der Waals surface area contributed by atoms with Crippen molar-refractivity contribution in [1.82, 2.24) is 9.88 Å². The lowest BCUT2D eigenvalue weighted by molar-refractivity contribution is -0.131. The Labute approximate surface area is 347 Å². The van der Waals surface area contributed by atoms with Crippen molar-refractivity contribution < 1.29 is 50.6 Å². The van der Waals surface area contributed by atoms with Gasteiger partial charge in [-0.3, -0.25) is 10.1 Å². The fraction of sp³-hybridized carbons (Fsp3) is 0.419. The topological polar surface area (TPSA) is 174 Å². The molecule has 2 N–H and O–H groups in total. The minimum atomic E-state index is -4.13. The van der Waals surface area contributed by atoms with Gasteiger partial charge in [-0.25, -0.2) is 36.6 Å². The Hall–Kier alpha value is -5.84. The SMILES string of the molecule is Cc1cc2ccc1C(C)COC(=O)Nc1cc(F)c(S(=O)(=O)C3CC3)c(c1)CN(C)C(=O)C2Nc1cc2ccnc(N(C(=O)OC(C)(C)C)C(=O)OC(C)(C)C)c2cc1F. The number of halogens is 2. The number of carbonyl (C=O) groups excluding carboxylic acids is 4. The molecule has 3 aromatic carbocycles. The van der Waals surface area contributed by atoms with Gasteiger partial charge < -0.3 is 24.4 Å². The maximum atomic E-state index is 16.5. The van der Waals surface area contributed by atoms with Crippen LogP contribution >= 0.6 is 0 Å². The summed E-state index contributed by atoms with van der Waals surface area (Å²) in [6, 6.07) is 10.1. The molecular formula is C43H49F2N5O9S. The Morgan fingerprint density at radius 3 is 2.20 bits per heavy atom. The van der Waals surface area contributed by atoms with Crippen LogP contribution < -0.4 is 15.5 Å². The number of rotatable bonds is 5. The molecule has 0 saturated heterocycles. The van der Waals surface area contributed by atoms with Crippen LogP contribution in [0, 0.1) is 18.6 Å². The highest BCUT2D eigenvalue weighted by atomic mass is 32.2. The van der Waals surface area contributed by atoms with Crippen LogP contribution in [0.3, 0.4) is 0 Å². The monoisotopic (exact) mass is 849 g/mol. The largest absolute Gasteiger partial charge is 0.449 e. The van der Waals surface area contributed by atoms with Gasteiger partial charge >= 0.3 is 18.3 Å². The molecule has 3 aliphatic rings. The zero-order valence-corrected chi connectivity index (χ0v) is 35.8. The van der Waals surface area contributed by atoms with E-state index < -0.39 is 79.6 Å². The number of benzene rings is 3. The molecule has 17 heteroatoms. The van der Waals surface area contributed by atoms with Gasteiger partial charge in [0.25, 0.3) is 0 Å². The zero-order valence-electron chi connectivity index (χ0n) is 34.9. The van der Waals surface area contributed by atoms with Gasteiger partial charge in [-0.15, -0.1) is 0 Å². The van der Waals surface area contributed by atoms with E-state index in [2.05, 4.69) is 15.6 Å². The molecule has 4 amide bonds. The van der Waals surface area contributed by atoms with E-state index in [1.165, 1.54) is 36.3 Å². The van der Waals surface area contributed by atoms with Gasteiger partial charge in [0.2, 0.25) is 5.91 Å². The fourth-order valence-corrected chi connectivity index (χ4v) is 8.82. The summed E-state index contributed by atoms with van der Waals surface area (Å²) in [5.41, 5.74) is -0.365. The number of imide groups is 1. The summed E-state index contributed by atoms with van der Waals surface area (Å²) >= 11 is 0. The molecule has 320 valence electrons. The smallest absolute Gasteiger partial charge is 0.425 e. The van der Waals surface area contributed by atoms with Gasteiger partial charge in [-0.2, -0.15) is 4.90 Å². The van der Waals surface area contributed by atoms with Crippen molar-refractivity contribution in [2.45, 2.75) is 108 Å². The molecule has 1 saturated carbocycles. The average Bonchev–Trinajstić information content (AvgIpc) is 3.98. The van der Waals surface area contributed by atoms with Crippen molar-refractivity contribution in [2.75, 3.05) is 29.2 Å². The predicted octanol–water partition coefficient (Wildman–Crippen LogP) is 8.91. The summed E-state index contributed by atoms with van der Waals surface area (Å²) in [7, 11) is -2.73. The predicted molar refractivity (Wildman–Crippen MR) is 221 cm³/mol. The van der Waals surface area contributed by atoms with Crippen molar-refractivity contribution in [1.29, 1.82) is 0 Å². The van der Waals surface area contributed by atoms with Crippen LogP contribution in [-0.2, 0) is 35.4 Å². The quantitative estimate of drug-likeness (QED) is 0.184. The number of ether oxygens (including phenoxy) is 3. The lowest BCUT2D eigenvalue weighted by Gasteiger charge is -2.29. The van der Waals surface area contributed by atoms with E-state index in [4.69, 9.17) is 14.2 Å². The van der Waals surface area contributed by atoms with Gasteiger partial charge in [0.05, 0.1) is 17.5 Å². The first-order valence-corrected chi connectivity index (χ1v) is 20.9. The summed E-state index contributed by atoms with van der Waals surface area (Å²) in [4.78, 5) is 59.9. The fourth-order valence-electron chi connectivity index (χ4n) is 6.91. The molecule has 2 atom stereocenters. The van der Waals surface area contributed by atoms with Gasteiger partial charge in [-0.05, 0) is 119 Å². The number of fused-ring (bicyclic) bond motifs is 10. The van der Waals surface area contributed by atoms with Crippen molar-refractivity contribution >= 4 is 62.0 Å². The normalized spacial score (nSPS) is 17.8. The second kappa shape index (κ2) is 16.3. The van der Waals surface area contributed by atoms with Crippen LogP contribution in [-0.4, -0.2) is 72.6 Å². The third-order valence-electron chi connectivity index (χ3n) is 9.76. The number of amides is 4. The summed E-state index contributed by atoms with van der Waals surface area (Å²) in [5, 5.41) is 5.10. The van der Waals surface area contributed by atoms with E-state index in [-0.39, 0.29) is 40.7 Å². The summed E-state index contributed by atoms with van der Waals surface area (Å²) < 4.78 is 75.9. The van der Waals surface area contributed by atoms with E-state index in [1.807, 2.05) is 13.8 Å². The number of likely N-dealkylation sites (N-methyl/N-ethyl adjacent to an activating group) is 1. The molecule has 0 radical (unpaired) electrons. The number of hydrogen-bond acceptors (Lipinski definition) is 11. The third-order valence-corrected chi connectivity index (χ3v) is 12.1. The minimum absolute atomic E-state index is 0.0495. The number of nitrogens with one attached hydrogen (secondary N) is 2. The second-order valence-electron chi connectivity index (χ2n) is 17.2. The van der Waals surface area contributed by atoms with Gasteiger partial charge in [0.15, 0.2) is 15.7 Å². The number of anilines is 3. The minimum Gasteiger partial charge on any atom is -0.449 e. The number of hydrogen-bond donors (Lipinski definition) is 2. The van der Waals surface area contributed by atoms with E-state index >= 15 is 8.78 Å². The molecule has 14 nitrogen and oxygen atoms in total. The van der Waals surface area contributed by atoms with E-state index in [1.54, 1.807) is 59.7 Å². The Bertz CT molecular complexity index is 2470. The maximum absolute atomic E-state index is 16.5. The van der Waals surface area contributed by atoms with Crippen molar-refractivity contribution in [2.24, 2.45) is 0 Å². The molecule has 2 aliphatic heterocycles. The van der Waals surface area contributed by atoms with Gasteiger partial charge in [-0.1, -0.05) is 25.1 Å². The summed E-state index contributed by atoms with van der Waals surface area (Å²) in [6.07, 6.45) is -1.03. The number of sulfone groups is 1. The summed E-state index contributed by atoms with van der Waals surface area (Å²) in [5.74, 6) is -3.17. The van der Waals surface area contributed by atoms with Crippen LogP contribution in [0.5, 0.6) is 0 Å². The Kier molecular flexibility index (Phi) is 11.9. The lowest BCUT2D eigenvalue weighted by Crippen LogP contribution is -2.44. The number of carbonyl (C=O) groups is 4. The number of aryl methyl sites for hydroxylation is 1. The van der Waals surface area contributed by atoms with Crippen LogP contribution in [0.2, 0.25) is 0 Å². The number of pyridine rings is 1. The molecule has 3 heterocycles. The van der Waals surface area contributed by atoms with Gasteiger partial charge in [0.1, 0.15) is 33.8 Å². The first-order chi connectivity index (χ1) is 27.9. The molecule has 0 spiro atoms. The Morgan fingerprint density at radius 2 is 1.60 bits per heavy atom. The van der Waals surface area contributed by atoms with E-state index in [9.17, 15) is 27.6 Å². The zero-order chi connectivity index (χ0) is 44.1. The van der Waals surface area contributed by atoms with Crippen molar-refractivity contribution in [3.05, 3.63) is 88.6 Å². The highest BCUT2D eigenvalue weighted by Gasteiger charge is 2.41. The highest BCUT2D eigenvalue weighted by Crippen LogP contribution is 2.39. The van der Waals surface area contributed by atoms with Crippen LogP contribution in [0.15, 0.2) is 59.6 Å². The molecule has 1 aliphatic carbocycles. The van der Waals surface area contributed by atoms with Crippen molar-refractivity contribution in [3.8, 4) is 0 Å². The maximum Gasteiger partial charge on any atom is 0.425 e. The van der Waals surface area contributed by atoms with Crippen LogP contribution in [0.25, 0.3) is 10.8 Å². The molecule has 4 aromatic rings. The molecule has 1 aromatic heterocycles. The number of nitrogens with zero attached hydrogens (tertiary/aromatic N) is 3. The third kappa shape index (κ3) is 9.61.